The summed E-state index contributed by atoms with van der Waals surface area (Å²) in [6.07, 6.45) is 1.73. The number of hydrogen-bond acceptors (Lipinski definition) is 6. The van der Waals surface area contributed by atoms with Crippen molar-refractivity contribution in [3.05, 3.63) is 5.56 Å². The fraction of sp³-hybridized carbons (Fsp3) is 0.545. The highest BCUT2D eigenvalue weighted by molar-refractivity contribution is 7.11. The van der Waals surface area contributed by atoms with Crippen LogP contribution >= 0.6 is 11.5 Å². The van der Waals surface area contributed by atoms with Gasteiger partial charge in [-0.2, -0.15) is 4.37 Å². The lowest BCUT2D eigenvalue weighted by molar-refractivity contribution is -0.124. The molecule has 1 aromatic heterocycles. The average molecular weight is 283 g/mol. The molecule has 1 saturated heterocycles. The van der Waals surface area contributed by atoms with Crippen molar-refractivity contribution in [3.8, 4) is 0 Å². The highest BCUT2D eigenvalue weighted by Crippen LogP contribution is 2.33. The zero-order chi connectivity index (χ0) is 14.0. The van der Waals surface area contributed by atoms with Gasteiger partial charge < -0.3 is 21.7 Å². The lowest BCUT2D eigenvalue weighted by Crippen LogP contribution is -2.42. The molecule has 0 spiro atoms. The minimum absolute atomic E-state index is 0.0165. The largest absolute Gasteiger partial charge is 0.382 e. The van der Waals surface area contributed by atoms with E-state index in [1.165, 1.54) is 0 Å². The van der Waals surface area contributed by atoms with Crippen LogP contribution in [-0.2, 0) is 4.79 Å². The summed E-state index contributed by atoms with van der Waals surface area (Å²) in [5.74, 6) is -0.483. The highest BCUT2D eigenvalue weighted by atomic mass is 32.1. The molecule has 1 aromatic rings. The van der Waals surface area contributed by atoms with E-state index in [0.29, 0.717) is 11.5 Å². The lowest BCUT2D eigenvalue weighted by Gasteiger charge is -2.32. The van der Waals surface area contributed by atoms with Gasteiger partial charge in [0.05, 0.1) is 5.92 Å². The molecule has 19 heavy (non-hydrogen) atoms. The number of carbonyl (C=O) groups excluding carboxylic acids is 2. The summed E-state index contributed by atoms with van der Waals surface area (Å²) >= 11 is 1.15. The van der Waals surface area contributed by atoms with Crippen molar-refractivity contribution in [2.75, 3.05) is 30.8 Å². The van der Waals surface area contributed by atoms with Crippen molar-refractivity contribution in [3.63, 3.8) is 0 Å². The number of rotatable bonds is 3. The maximum atomic E-state index is 11.7. The molecule has 104 valence electrons. The first-order valence-corrected chi connectivity index (χ1v) is 6.83. The predicted molar refractivity (Wildman–Crippen MR) is 74.0 cm³/mol. The van der Waals surface area contributed by atoms with E-state index in [-0.39, 0.29) is 23.2 Å². The van der Waals surface area contributed by atoms with E-state index in [9.17, 15) is 9.59 Å². The fourth-order valence-corrected chi connectivity index (χ4v) is 3.17. The van der Waals surface area contributed by atoms with Gasteiger partial charge in [-0.3, -0.25) is 9.59 Å². The molecule has 0 bridgehead atoms. The van der Waals surface area contributed by atoms with E-state index < -0.39 is 5.91 Å². The number of carbonyl (C=O) groups is 2. The Morgan fingerprint density at radius 1 is 1.53 bits per heavy atom. The molecule has 0 saturated carbocycles. The van der Waals surface area contributed by atoms with Gasteiger partial charge in [-0.1, -0.05) is 0 Å². The van der Waals surface area contributed by atoms with E-state index in [0.717, 1.165) is 30.9 Å². The number of nitrogens with two attached hydrogens (primary N) is 2. The summed E-state index contributed by atoms with van der Waals surface area (Å²) in [6.45, 7) is 1.33. The smallest absolute Gasteiger partial charge is 0.255 e. The van der Waals surface area contributed by atoms with E-state index in [1.54, 1.807) is 7.05 Å². The maximum absolute atomic E-state index is 11.7. The summed E-state index contributed by atoms with van der Waals surface area (Å²) < 4.78 is 3.98. The zero-order valence-electron chi connectivity index (χ0n) is 10.7. The van der Waals surface area contributed by atoms with Crippen LogP contribution < -0.4 is 21.7 Å². The third kappa shape index (κ3) is 2.62. The van der Waals surface area contributed by atoms with Gasteiger partial charge in [-0.05, 0) is 24.4 Å². The number of primary amides is 1. The van der Waals surface area contributed by atoms with Gasteiger partial charge in [0.15, 0.2) is 5.82 Å². The van der Waals surface area contributed by atoms with Crippen LogP contribution in [0, 0.1) is 5.92 Å². The molecule has 0 aromatic carbocycles. The molecular weight excluding hydrogens is 266 g/mol. The van der Waals surface area contributed by atoms with Crippen LogP contribution in [0.15, 0.2) is 0 Å². The molecule has 1 unspecified atom stereocenters. The second-order valence-corrected chi connectivity index (χ2v) is 5.26. The molecule has 1 atom stereocenters. The number of nitrogens with zero attached hydrogens (tertiary/aromatic N) is 2. The van der Waals surface area contributed by atoms with Crippen molar-refractivity contribution in [2.24, 2.45) is 11.7 Å². The Morgan fingerprint density at radius 2 is 2.26 bits per heavy atom. The van der Waals surface area contributed by atoms with Crippen LogP contribution in [0.2, 0.25) is 0 Å². The maximum Gasteiger partial charge on any atom is 0.255 e. The second kappa shape index (κ2) is 5.43. The van der Waals surface area contributed by atoms with Crippen molar-refractivity contribution >= 4 is 34.2 Å². The molecule has 8 heteroatoms. The van der Waals surface area contributed by atoms with Gasteiger partial charge in [0.1, 0.15) is 10.6 Å². The van der Waals surface area contributed by atoms with Gasteiger partial charge in [-0.25, -0.2) is 0 Å². The fourth-order valence-electron chi connectivity index (χ4n) is 2.32. The normalized spacial score (nSPS) is 19.2. The number of amides is 2. The molecular formula is C11H17N5O2S. The van der Waals surface area contributed by atoms with Crippen molar-refractivity contribution in [1.82, 2.24) is 9.69 Å². The van der Waals surface area contributed by atoms with Gasteiger partial charge in [0.2, 0.25) is 5.91 Å². The van der Waals surface area contributed by atoms with E-state index >= 15 is 0 Å². The number of aromatic nitrogens is 1. The Labute approximate surface area is 115 Å². The number of nitrogen functional groups attached to an aromatic ring is 1. The quantitative estimate of drug-likeness (QED) is 0.710. The standard InChI is InChI=1S/C11H17N5O2S/c1-14-10(18)6-3-2-4-16(5-6)11-7(9(13)17)8(12)15-19-11/h6H,2-5H2,1H3,(H2,12,15)(H2,13,17)(H,14,18). The van der Waals surface area contributed by atoms with Crippen LogP contribution in [0.1, 0.15) is 23.2 Å². The van der Waals surface area contributed by atoms with E-state index in [4.69, 9.17) is 11.5 Å². The highest BCUT2D eigenvalue weighted by Gasteiger charge is 2.29. The molecule has 5 N–H and O–H groups in total. The number of anilines is 2. The zero-order valence-corrected chi connectivity index (χ0v) is 11.5. The number of piperidine rings is 1. The van der Waals surface area contributed by atoms with Crippen molar-refractivity contribution in [2.45, 2.75) is 12.8 Å². The van der Waals surface area contributed by atoms with E-state index in [2.05, 4.69) is 9.69 Å². The summed E-state index contributed by atoms with van der Waals surface area (Å²) in [5, 5.41) is 3.32. The van der Waals surface area contributed by atoms with Crippen molar-refractivity contribution < 1.29 is 9.59 Å². The minimum atomic E-state index is -0.580. The minimum Gasteiger partial charge on any atom is -0.382 e. The van der Waals surface area contributed by atoms with Gasteiger partial charge >= 0.3 is 0 Å². The van der Waals surface area contributed by atoms with Gasteiger partial charge in [0, 0.05) is 20.1 Å². The Bertz CT molecular complexity index is 501. The third-order valence-electron chi connectivity index (χ3n) is 3.27. The molecule has 0 aliphatic carbocycles. The topological polar surface area (TPSA) is 114 Å². The predicted octanol–water partition coefficient (Wildman–Crippen LogP) is -0.213. The average Bonchev–Trinajstić information content (AvgIpc) is 2.80. The monoisotopic (exact) mass is 283 g/mol. The Hall–Kier alpha value is -1.83. The molecule has 7 nitrogen and oxygen atoms in total. The van der Waals surface area contributed by atoms with Gasteiger partial charge in [0.25, 0.3) is 5.91 Å². The first-order chi connectivity index (χ1) is 9.04. The Kier molecular flexibility index (Phi) is 3.89. The second-order valence-electron chi connectivity index (χ2n) is 4.51. The summed E-state index contributed by atoms with van der Waals surface area (Å²) in [7, 11) is 1.63. The summed E-state index contributed by atoms with van der Waals surface area (Å²) in [5.41, 5.74) is 11.3. The molecule has 0 radical (unpaired) electrons. The summed E-state index contributed by atoms with van der Waals surface area (Å²) in [6, 6.07) is 0. The van der Waals surface area contributed by atoms with Crippen LogP contribution in [0.4, 0.5) is 10.8 Å². The Morgan fingerprint density at radius 3 is 2.89 bits per heavy atom. The molecule has 1 aliphatic rings. The first kappa shape index (κ1) is 13.6. The Balaban J connectivity index is 2.22. The van der Waals surface area contributed by atoms with Crippen LogP contribution in [0.5, 0.6) is 0 Å². The molecule has 1 aliphatic heterocycles. The van der Waals surface area contributed by atoms with Crippen molar-refractivity contribution in [1.29, 1.82) is 0 Å². The van der Waals surface area contributed by atoms with Crippen LogP contribution in [0.25, 0.3) is 0 Å². The van der Waals surface area contributed by atoms with Crippen LogP contribution in [-0.4, -0.2) is 36.3 Å². The molecule has 1 fully saturated rings. The number of nitrogens with one attached hydrogen (secondary N) is 1. The molecule has 2 amide bonds. The SMILES string of the molecule is CNC(=O)C1CCCN(c2snc(N)c2C(N)=O)C1. The summed E-state index contributed by atoms with van der Waals surface area (Å²) in [4.78, 5) is 25.1. The molecule has 2 heterocycles. The van der Waals surface area contributed by atoms with E-state index in [1.807, 2.05) is 4.90 Å². The lowest BCUT2D eigenvalue weighted by atomic mass is 9.97. The number of hydrogen-bond donors (Lipinski definition) is 3. The van der Waals surface area contributed by atoms with Crippen LogP contribution in [0.3, 0.4) is 0 Å². The third-order valence-corrected chi connectivity index (χ3v) is 4.20. The molecule has 2 rings (SSSR count). The van der Waals surface area contributed by atoms with Gasteiger partial charge in [-0.15, -0.1) is 0 Å². The first-order valence-electron chi connectivity index (χ1n) is 6.06.